The summed E-state index contributed by atoms with van der Waals surface area (Å²) in [6.45, 7) is 4.99. The summed E-state index contributed by atoms with van der Waals surface area (Å²) < 4.78 is 12.3. The molecule has 1 fully saturated rings. The summed E-state index contributed by atoms with van der Waals surface area (Å²) in [6.07, 6.45) is 3.99. The third kappa shape index (κ3) is 2.87. The van der Waals surface area contributed by atoms with Crippen molar-refractivity contribution in [2.24, 2.45) is 5.73 Å². The summed E-state index contributed by atoms with van der Waals surface area (Å²) in [5, 5.41) is 0. The van der Waals surface area contributed by atoms with E-state index in [0.29, 0.717) is 0 Å². The summed E-state index contributed by atoms with van der Waals surface area (Å²) in [6, 6.07) is 6.05. The molecule has 2 aliphatic heterocycles. The molecular formula is C17H26N2O2. The van der Waals surface area contributed by atoms with Gasteiger partial charge in [0.2, 0.25) is 0 Å². The Bertz CT molecular complexity index is 496. The van der Waals surface area contributed by atoms with Gasteiger partial charge >= 0.3 is 0 Å². The third-order valence-corrected chi connectivity index (χ3v) is 4.68. The molecule has 0 aliphatic carbocycles. The van der Waals surface area contributed by atoms with Gasteiger partial charge in [-0.1, -0.05) is 13.0 Å². The minimum Gasteiger partial charge on any atom is -0.493 e. The van der Waals surface area contributed by atoms with Gasteiger partial charge in [0, 0.05) is 25.6 Å². The lowest BCUT2D eigenvalue weighted by Crippen LogP contribution is -2.50. The van der Waals surface area contributed by atoms with E-state index in [0.717, 1.165) is 62.4 Å². The van der Waals surface area contributed by atoms with Gasteiger partial charge in [0.05, 0.1) is 12.2 Å². The highest BCUT2D eigenvalue weighted by Gasteiger charge is 2.42. The lowest BCUT2D eigenvalue weighted by atomic mass is 9.81. The molecule has 2 N–H and O–H groups in total. The molecule has 2 heterocycles. The van der Waals surface area contributed by atoms with Gasteiger partial charge in [-0.05, 0) is 38.4 Å². The first kappa shape index (κ1) is 14.7. The molecule has 0 aromatic heterocycles. The molecule has 1 atom stereocenters. The van der Waals surface area contributed by atoms with E-state index < -0.39 is 0 Å². The second kappa shape index (κ2) is 5.85. The molecule has 1 unspecified atom stereocenters. The second-order valence-corrected chi connectivity index (χ2v) is 6.42. The smallest absolute Gasteiger partial charge is 0.128 e. The summed E-state index contributed by atoms with van der Waals surface area (Å²) in [4.78, 5) is 2.36. The molecule has 4 nitrogen and oxygen atoms in total. The minimum absolute atomic E-state index is 0.00483. The number of piperidine rings is 1. The van der Waals surface area contributed by atoms with Gasteiger partial charge in [-0.25, -0.2) is 0 Å². The number of ether oxygens (including phenoxy) is 2. The van der Waals surface area contributed by atoms with Crippen LogP contribution in [0, 0.1) is 0 Å². The second-order valence-electron chi connectivity index (χ2n) is 6.42. The molecule has 4 heteroatoms. The van der Waals surface area contributed by atoms with Crippen molar-refractivity contribution in [1.82, 2.24) is 4.90 Å². The highest BCUT2D eigenvalue weighted by Crippen LogP contribution is 2.46. The van der Waals surface area contributed by atoms with E-state index in [1.807, 2.05) is 18.2 Å². The van der Waals surface area contributed by atoms with Crippen molar-refractivity contribution >= 4 is 0 Å². The Labute approximate surface area is 127 Å². The van der Waals surface area contributed by atoms with Crippen LogP contribution in [-0.2, 0) is 0 Å². The van der Waals surface area contributed by atoms with Crippen LogP contribution < -0.4 is 15.2 Å². The van der Waals surface area contributed by atoms with Crippen molar-refractivity contribution < 1.29 is 9.47 Å². The Morgan fingerprint density at radius 1 is 1.38 bits per heavy atom. The number of nitrogens with two attached hydrogens (primary N) is 1. The maximum Gasteiger partial charge on any atom is 0.128 e. The predicted molar refractivity (Wildman–Crippen MR) is 83.9 cm³/mol. The average molecular weight is 290 g/mol. The van der Waals surface area contributed by atoms with E-state index in [-0.39, 0.29) is 11.6 Å². The Morgan fingerprint density at radius 2 is 2.14 bits per heavy atom. The Kier molecular flexibility index (Phi) is 4.09. The van der Waals surface area contributed by atoms with Crippen LogP contribution in [0.1, 0.15) is 44.2 Å². The standard InChI is InChI=1S/C17H26N2O2/c1-3-11-20-14-5-4-6-15-16(14)13(18)12-17(21-15)7-9-19(2)10-8-17/h4-6,13H,3,7-12,18H2,1-2H3. The number of likely N-dealkylation sites (tertiary alicyclic amines) is 1. The number of hydrogen-bond acceptors (Lipinski definition) is 4. The summed E-state index contributed by atoms with van der Waals surface area (Å²) in [5.41, 5.74) is 7.46. The van der Waals surface area contributed by atoms with Crippen LogP contribution in [0.3, 0.4) is 0 Å². The monoisotopic (exact) mass is 290 g/mol. The van der Waals surface area contributed by atoms with Gasteiger partial charge in [-0.2, -0.15) is 0 Å². The lowest BCUT2D eigenvalue weighted by molar-refractivity contribution is -0.0170. The molecule has 0 saturated carbocycles. The van der Waals surface area contributed by atoms with E-state index >= 15 is 0 Å². The van der Waals surface area contributed by atoms with Crippen molar-refractivity contribution in [2.75, 3.05) is 26.7 Å². The zero-order chi connectivity index (χ0) is 14.9. The Hall–Kier alpha value is -1.26. The third-order valence-electron chi connectivity index (χ3n) is 4.68. The number of fused-ring (bicyclic) bond motifs is 1. The van der Waals surface area contributed by atoms with Crippen LogP contribution in [0.2, 0.25) is 0 Å². The maximum absolute atomic E-state index is 6.49. The topological polar surface area (TPSA) is 47.7 Å². The van der Waals surface area contributed by atoms with Crippen molar-refractivity contribution in [3.63, 3.8) is 0 Å². The van der Waals surface area contributed by atoms with Gasteiger partial charge in [0.25, 0.3) is 0 Å². The number of rotatable bonds is 3. The molecular weight excluding hydrogens is 264 g/mol. The molecule has 0 radical (unpaired) electrons. The molecule has 1 spiro atoms. The highest BCUT2D eigenvalue weighted by molar-refractivity contribution is 5.48. The van der Waals surface area contributed by atoms with Crippen LogP contribution in [0.4, 0.5) is 0 Å². The van der Waals surface area contributed by atoms with E-state index in [9.17, 15) is 0 Å². The molecule has 1 aromatic carbocycles. The van der Waals surface area contributed by atoms with Crippen molar-refractivity contribution in [3.05, 3.63) is 23.8 Å². The Morgan fingerprint density at radius 3 is 2.86 bits per heavy atom. The van der Waals surface area contributed by atoms with E-state index in [4.69, 9.17) is 15.2 Å². The van der Waals surface area contributed by atoms with Gasteiger partial charge < -0.3 is 20.1 Å². The number of hydrogen-bond donors (Lipinski definition) is 1. The van der Waals surface area contributed by atoms with Gasteiger partial charge in [0.1, 0.15) is 17.1 Å². The fraction of sp³-hybridized carbons (Fsp3) is 0.647. The minimum atomic E-state index is -0.0810. The van der Waals surface area contributed by atoms with Crippen molar-refractivity contribution in [2.45, 2.75) is 44.2 Å². The van der Waals surface area contributed by atoms with Crippen LogP contribution in [-0.4, -0.2) is 37.2 Å². The molecule has 21 heavy (non-hydrogen) atoms. The first-order chi connectivity index (χ1) is 10.1. The summed E-state index contributed by atoms with van der Waals surface area (Å²) >= 11 is 0. The summed E-state index contributed by atoms with van der Waals surface area (Å²) in [5.74, 6) is 1.82. The first-order valence-corrected chi connectivity index (χ1v) is 8.02. The lowest BCUT2D eigenvalue weighted by Gasteiger charge is -2.45. The SMILES string of the molecule is CCCOc1cccc2c1C(N)CC1(CCN(C)CC1)O2. The molecule has 0 bridgehead atoms. The normalized spacial score (nSPS) is 24.4. The van der Waals surface area contributed by atoms with E-state index in [2.05, 4.69) is 18.9 Å². The summed E-state index contributed by atoms with van der Waals surface area (Å²) in [7, 11) is 2.17. The van der Waals surface area contributed by atoms with Gasteiger partial charge in [-0.15, -0.1) is 0 Å². The zero-order valence-electron chi connectivity index (χ0n) is 13.1. The fourth-order valence-corrected chi connectivity index (χ4v) is 3.43. The van der Waals surface area contributed by atoms with Crippen LogP contribution >= 0.6 is 0 Å². The van der Waals surface area contributed by atoms with Crippen molar-refractivity contribution in [3.8, 4) is 11.5 Å². The average Bonchev–Trinajstić information content (AvgIpc) is 2.48. The predicted octanol–water partition coefficient (Wildman–Crippen LogP) is 2.72. The Balaban J connectivity index is 1.86. The highest BCUT2D eigenvalue weighted by atomic mass is 16.5. The molecule has 116 valence electrons. The fourth-order valence-electron chi connectivity index (χ4n) is 3.43. The zero-order valence-corrected chi connectivity index (χ0v) is 13.1. The maximum atomic E-state index is 6.49. The molecule has 1 aromatic rings. The van der Waals surface area contributed by atoms with Crippen LogP contribution in [0.25, 0.3) is 0 Å². The molecule has 2 aliphatic rings. The van der Waals surface area contributed by atoms with Crippen LogP contribution in [0.5, 0.6) is 11.5 Å². The molecule has 3 rings (SSSR count). The van der Waals surface area contributed by atoms with Crippen LogP contribution in [0.15, 0.2) is 18.2 Å². The molecule has 0 amide bonds. The quantitative estimate of drug-likeness (QED) is 0.930. The van der Waals surface area contributed by atoms with Crippen molar-refractivity contribution in [1.29, 1.82) is 0 Å². The van der Waals surface area contributed by atoms with Gasteiger partial charge in [0.15, 0.2) is 0 Å². The number of nitrogens with zero attached hydrogens (tertiary/aromatic N) is 1. The van der Waals surface area contributed by atoms with Gasteiger partial charge in [-0.3, -0.25) is 0 Å². The first-order valence-electron chi connectivity index (χ1n) is 8.02. The number of benzene rings is 1. The van der Waals surface area contributed by atoms with E-state index in [1.54, 1.807) is 0 Å². The molecule has 1 saturated heterocycles. The van der Waals surface area contributed by atoms with E-state index in [1.165, 1.54) is 0 Å². The largest absolute Gasteiger partial charge is 0.493 e.